The monoisotopic (exact) mass is 494 g/mol. The highest BCUT2D eigenvalue weighted by atomic mass is 32.1. The van der Waals surface area contributed by atoms with E-state index in [4.69, 9.17) is 0 Å². The van der Waals surface area contributed by atoms with Gasteiger partial charge in [-0.15, -0.1) is 11.3 Å². The number of aryl methyl sites for hydroxylation is 1. The Kier molecular flexibility index (Phi) is 5.98. The number of nitrogens with zero attached hydrogens (tertiary/aromatic N) is 2. The fraction of sp³-hybridized carbons (Fsp3) is 0.586. The predicted molar refractivity (Wildman–Crippen MR) is 135 cm³/mol. The maximum Gasteiger partial charge on any atom is 0.242 e. The van der Waals surface area contributed by atoms with Gasteiger partial charge in [-0.2, -0.15) is 0 Å². The number of halogens is 1. The molecule has 0 aliphatic heterocycles. The van der Waals surface area contributed by atoms with Crippen LogP contribution >= 0.6 is 11.3 Å². The van der Waals surface area contributed by atoms with Crippen LogP contribution in [-0.4, -0.2) is 34.2 Å². The molecule has 0 unspecified atom stereocenters. The molecule has 0 atom stereocenters. The summed E-state index contributed by atoms with van der Waals surface area (Å²) in [7, 11) is 0. The van der Waals surface area contributed by atoms with E-state index in [1.807, 2.05) is 9.80 Å². The van der Waals surface area contributed by atoms with Gasteiger partial charge in [0.25, 0.3) is 0 Å². The van der Waals surface area contributed by atoms with Gasteiger partial charge < -0.3 is 9.80 Å². The van der Waals surface area contributed by atoms with Gasteiger partial charge in [0.05, 0.1) is 12.0 Å². The zero-order chi connectivity index (χ0) is 24.2. The minimum atomic E-state index is -0.276. The quantitative estimate of drug-likeness (QED) is 0.456. The minimum Gasteiger partial charge on any atom is -0.332 e. The van der Waals surface area contributed by atoms with E-state index < -0.39 is 0 Å². The van der Waals surface area contributed by atoms with E-state index in [2.05, 4.69) is 18.4 Å². The molecule has 2 aromatic rings. The van der Waals surface area contributed by atoms with Gasteiger partial charge in [0, 0.05) is 17.5 Å². The second kappa shape index (κ2) is 9.02. The molecule has 5 aliphatic rings. The van der Waals surface area contributed by atoms with Crippen molar-refractivity contribution in [1.82, 2.24) is 9.80 Å². The molecule has 0 radical (unpaired) electrons. The van der Waals surface area contributed by atoms with Crippen molar-refractivity contribution < 1.29 is 14.0 Å². The molecule has 1 aromatic carbocycles. The first-order chi connectivity index (χ1) is 16.9. The number of carbonyl (C=O) groups excluding carboxylic acids is 2. The molecule has 4 nitrogen and oxygen atoms in total. The zero-order valence-corrected chi connectivity index (χ0v) is 21.4. The van der Waals surface area contributed by atoms with E-state index in [0.29, 0.717) is 30.8 Å². The third kappa shape index (κ3) is 4.66. The molecule has 5 saturated carbocycles. The lowest BCUT2D eigenvalue weighted by Crippen LogP contribution is -2.56. The second-order valence-electron chi connectivity index (χ2n) is 11.8. The van der Waals surface area contributed by atoms with E-state index in [1.165, 1.54) is 37.0 Å². The van der Waals surface area contributed by atoms with Crippen LogP contribution in [0, 0.1) is 35.9 Å². The lowest BCUT2D eigenvalue weighted by Gasteiger charge is -2.56. The van der Waals surface area contributed by atoms with Crippen molar-refractivity contribution in [3.05, 3.63) is 57.5 Å². The van der Waals surface area contributed by atoms with E-state index >= 15 is 0 Å². The average molecular weight is 495 g/mol. The summed E-state index contributed by atoms with van der Waals surface area (Å²) in [4.78, 5) is 32.9. The molecule has 35 heavy (non-hydrogen) atoms. The number of benzene rings is 1. The summed E-state index contributed by atoms with van der Waals surface area (Å²) >= 11 is 1.66. The van der Waals surface area contributed by atoms with Crippen LogP contribution in [0.15, 0.2) is 35.7 Å². The van der Waals surface area contributed by atoms with Crippen molar-refractivity contribution in [3.8, 4) is 0 Å². The maximum absolute atomic E-state index is 14.1. The molecular weight excluding hydrogens is 459 g/mol. The van der Waals surface area contributed by atoms with Gasteiger partial charge in [-0.05, 0) is 111 Å². The number of thiophene rings is 1. The van der Waals surface area contributed by atoms with Crippen LogP contribution in [0.25, 0.3) is 0 Å². The summed E-state index contributed by atoms with van der Waals surface area (Å²) in [5, 5.41) is 2.05. The number of amides is 2. The van der Waals surface area contributed by atoms with Crippen LogP contribution in [0.3, 0.4) is 0 Å². The molecular formula is C29H35FN2O2S. The number of hydrogen-bond acceptors (Lipinski definition) is 3. The average Bonchev–Trinajstić information content (AvgIpc) is 3.59. The summed E-state index contributed by atoms with van der Waals surface area (Å²) in [6, 6.07) is 8.68. The predicted octanol–water partition coefficient (Wildman–Crippen LogP) is 5.93. The Balaban J connectivity index is 1.22. The van der Waals surface area contributed by atoms with Crippen LogP contribution in [0.1, 0.15) is 67.4 Å². The molecule has 5 fully saturated rings. The van der Waals surface area contributed by atoms with Crippen molar-refractivity contribution in [1.29, 1.82) is 0 Å². The van der Waals surface area contributed by atoms with Crippen molar-refractivity contribution in [3.63, 3.8) is 0 Å². The highest BCUT2D eigenvalue weighted by molar-refractivity contribution is 7.10. The molecule has 1 aromatic heterocycles. The first-order valence-corrected chi connectivity index (χ1v) is 14.1. The van der Waals surface area contributed by atoms with Crippen LogP contribution in [-0.2, 0) is 22.7 Å². The van der Waals surface area contributed by atoms with E-state index in [1.54, 1.807) is 23.5 Å². The van der Waals surface area contributed by atoms with Crippen LogP contribution < -0.4 is 0 Å². The van der Waals surface area contributed by atoms with E-state index in [-0.39, 0.29) is 35.6 Å². The smallest absolute Gasteiger partial charge is 0.242 e. The molecule has 186 valence electrons. The van der Waals surface area contributed by atoms with Gasteiger partial charge in [-0.3, -0.25) is 9.59 Å². The summed E-state index contributed by atoms with van der Waals surface area (Å²) in [5.41, 5.74) is 1.86. The Labute approximate surface area is 211 Å². The molecule has 7 rings (SSSR count). The van der Waals surface area contributed by atoms with Crippen LogP contribution in [0.5, 0.6) is 0 Å². The third-order valence-electron chi connectivity index (χ3n) is 8.99. The zero-order valence-electron chi connectivity index (χ0n) is 20.5. The fourth-order valence-corrected chi connectivity index (χ4v) is 8.38. The summed E-state index contributed by atoms with van der Waals surface area (Å²) < 4.78 is 13.5. The van der Waals surface area contributed by atoms with E-state index in [0.717, 1.165) is 42.5 Å². The maximum atomic E-state index is 14.1. The molecule has 5 aliphatic carbocycles. The lowest BCUT2D eigenvalue weighted by molar-refractivity contribution is -0.161. The fourth-order valence-electron chi connectivity index (χ4n) is 7.46. The number of carbonyl (C=O) groups is 2. The Hall–Kier alpha value is -2.21. The van der Waals surface area contributed by atoms with Gasteiger partial charge in [-0.25, -0.2) is 4.39 Å². The molecule has 6 heteroatoms. The Morgan fingerprint density at radius 3 is 2.14 bits per heavy atom. The Morgan fingerprint density at radius 1 is 0.971 bits per heavy atom. The highest BCUT2D eigenvalue weighted by Gasteiger charge is 2.56. The molecule has 0 saturated heterocycles. The first kappa shape index (κ1) is 23.2. The second-order valence-corrected chi connectivity index (χ2v) is 12.8. The van der Waals surface area contributed by atoms with Crippen molar-refractivity contribution in [2.75, 3.05) is 6.54 Å². The summed E-state index contributed by atoms with van der Waals surface area (Å²) in [5.74, 6) is 2.10. The SMILES string of the molecule is Cc1ccsc1CN(Cc1ccc(F)cc1)C(=O)CN(C(=O)C12CC3CC(CC(C3)C1)C2)C1CC1. The van der Waals surface area contributed by atoms with Crippen molar-refractivity contribution in [2.45, 2.75) is 77.4 Å². The largest absolute Gasteiger partial charge is 0.332 e. The normalized spacial score (nSPS) is 28.8. The van der Waals surface area contributed by atoms with Gasteiger partial charge in [-0.1, -0.05) is 12.1 Å². The van der Waals surface area contributed by atoms with Gasteiger partial charge >= 0.3 is 0 Å². The standard InChI is InChI=1S/C29H35FN2O2S/c1-19-8-9-35-26(19)17-31(16-20-2-4-24(30)5-3-20)27(33)18-32(25-6-7-25)28(34)29-13-21-10-22(14-29)12-23(11-21)15-29/h2-5,8-9,21-23,25H,6-7,10-18H2,1H3. The molecule has 0 spiro atoms. The Bertz CT molecular complexity index is 1070. The summed E-state index contributed by atoms with van der Waals surface area (Å²) in [6.07, 6.45) is 9.02. The topological polar surface area (TPSA) is 40.6 Å². The molecule has 0 N–H and O–H groups in total. The van der Waals surface area contributed by atoms with Crippen molar-refractivity contribution >= 4 is 23.2 Å². The number of hydrogen-bond donors (Lipinski definition) is 0. The molecule has 4 bridgehead atoms. The van der Waals surface area contributed by atoms with Crippen LogP contribution in [0.2, 0.25) is 0 Å². The molecule has 2 amide bonds. The van der Waals surface area contributed by atoms with Gasteiger partial charge in [0.2, 0.25) is 11.8 Å². The lowest BCUT2D eigenvalue weighted by atomic mass is 9.49. The minimum absolute atomic E-state index is 0.00731. The Morgan fingerprint density at radius 2 is 1.60 bits per heavy atom. The van der Waals surface area contributed by atoms with Crippen LogP contribution in [0.4, 0.5) is 4.39 Å². The third-order valence-corrected chi connectivity index (χ3v) is 10.00. The highest BCUT2D eigenvalue weighted by Crippen LogP contribution is 2.61. The number of rotatable bonds is 8. The van der Waals surface area contributed by atoms with Crippen molar-refractivity contribution in [2.24, 2.45) is 23.2 Å². The first-order valence-electron chi connectivity index (χ1n) is 13.2. The molecule has 1 heterocycles. The summed E-state index contributed by atoms with van der Waals surface area (Å²) in [6.45, 7) is 3.17. The van der Waals surface area contributed by atoms with Gasteiger partial charge in [0.15, 0.2) is 0 Å². The van der Waals surface area contributed by atoms with E-state index in [9.17, 15) is 14.0 Å². The van der Waals surface area contributed by atoms with Gasteiger partial charge in [0.1, 0.15) is 12.4 Å².